The summed E-state index contributed by atoms with van der Waals surface area (Å²) in [5.74, 6) is 1.12. The summed E-state index contributed by atoms with van der Waals surface area (Å²) in [6.45, 7) is 2.60. The topological polar surface area (TPSA) is 79.9 Å². The first-order chi connectivity index (χ1) is 11.2. The van der Waals surface area contributed by atoms with Gasteiger partial charge in [0.1, 0.15) is 17.4 Å². The van der Waals surface area contributed by atoms with Crippen LogP contribution >= 0.6 is 0 Å². The third kappa shape index (κ3) is 4.34. The highest BCUT2D eigenvalue weighted by Gasteiger charge is 2.10. The maximum Gasteiger partial charge on any atom is 0.192 e. The number of nitrogens with zero attached hydrogens (tertiary/aromatic N) is 4. The van der Waals surface area contributed by atoms with E-state index in [0.29, 0.717) is 24.5 Å². The molecule has 6 heteroatoms. The maximum absolute atomic E-state index is 9.33. The highest BCUT2D eigenvalue weighted by atomic mass is 16.5. The lowest BCUT2D eigenvalue weighted by Crippen LogP contribution is -1.97. The van der Waals surface area contributed by atoms with E-state index in [1.807, 2.05) is 37.3 Å². The van der Waals surface area contributed by atoms with Crippen LogP contribution in [-0.4, -0.2) is 19.2 Å². The molecule has 1 heterocycles. The second kappa shape index (κ2) is 8.01. The molecule has 2 rings (SSSR count). The Labute approximate surface area is 135 Å². The van der Waals surface area contributed by atoms with E-state index >= 15 is 0 Å². The molecule has 0 saturated heterocycles. The number of aromatic nitrogens is 1. The summed E-state index contributed by atoms with van der Waals surface area (Å²) in [6.07, 6.45) is 0. The number of hydrogen-bond acceptors (Lipinski definition) is 6. The standard InChI is InChI=1S/C17H18N4O2/c1-12-8-14(11-22-2)16(9-18)17(20-12)21-19-10-13-4-6-15(23-3)7-5-13/h4-8H,10-11H2,1-3H3. The summed E-state index contributed by atoms with van der Waals surface area (Å²) in [6, 6.07) is 11.5. The fourth-order valence-corrected chi connectivity index (χ4v) is 2.10. The number of azo groups is 1. The van der Waals surface area contributed by atoms with Gasteiger partial charge >= 0.3 is 0 Å². The minimum absolute atomic E-state index is 0.327. The smallest absolute Gasteiger partial charge is 0.192 e. The molecule has 0 atom stereocenters. The van der Waals surface area contributed by atoms with E-state index in [1.165, 1.54) is 0 Å². The van der Waals surface area contributed by atoms with Crippen molar-refractivity contribution >= 4 is 5.82 Å². The van der Waals surface area contributed by atoms with Crippen molar-refractivity contribution in [2.75, 3.05) is 14.2 Å². The molecule has 1 aromatic heterocycles. The van der Waals surface area contributed by atoms with Gasteiger partial charge in [0.2, 0.25) is 0 Å². The molecule has 6 nitrogen and oxygen atoms in total. The lowest BCUT2D eigenvalue weighted by Gasteiger charge is -2.06. The minimum atomic E-state index is 0.327. The summed E-state index contributed by atoms with van der Waals surface area (Å²) in [7, 11) is 3.21. The van der Waals surface area contributed by atoms with Crippen LogP contribution in [0.15, 0.2) is 40.6 Å². The largest absolute Gasteiger partial charge is 0.497 e. The van der Waals surface area contributed by atoms with Gasteiger partial charge in [-0.05, 0) is 30.7 Å². The van der Waals surface area contributed by atoms with Gasteiger partial charge in [0, 0.05) is 18.4 Å². The molecule has 23 heavy (non-hydrogen) atoms. The molecule has 118 valence electrons. The van der Waals surface area contributed by atoms with Gasteiger partial charge in [-0.15, -0.1) is 5.11 Å². The lowest BCUT2D eigenvalue weighted by atomic mass is 10.1. The predicted molar refractivity (Wildman–Crippen MR) is 85.6 cm³/mol. The number of aryl methyl sites for hydroxylation is 1. The molecular weight excluding hydrogens is 292 g/mol. The van der Waals surface area contributed by atoms with Crippen molar-refractivity contribution in [2.45, 2.75) is 20.1 Å². The summed E-state index contributed by atoms with van der Waals surface area (Å²) >= 11 is 0. The molecule has 0 amide bonds. The minimum Gasteiger partial charge on any atom is -0.497 e. The van der Waals surface area contributed by atoms with E-state index < -0.39 is 0 Å². The summed E-state index contributed by atoms with van der Waals surface area (Å²) in [4.78, 5) is 4.29. The Morgan fingerprint density at radius 2 is 1.96 bits per heavy atom. The van der Waals surface area contributed by atoms with Crippen LogP contribution in [0.1, 0.15) is 22.4 Å². The normalized spacial score (nSPS) is 10.7. The molecule has 0 radical (unpaired) electrons. The predicted octanol–water partition coefficient (Wildman–Crippen LogP) is 3.70. The molecule has 2 aromatic rings. The van der Waals surface area contributed by atoms with Gasteiger partial charge < -0.3 is 9.47 Å². The number of nitriles is 1. The number of methoxy groups -OCH3 is 2. The number of ether oxygens (including phenoxy) is 2. The fourth-order valence-electron chi connectivity index (χ4n) is 2.10. The SMILES string of the molecule is COCc1cc(C)nc(N=NCc2ccc(OC)cc2)c1C#N. The van der Waals surface area contributed by atoms with Gasteiger partial charge in [-0.3, -0.25) is 0 Å². The zero-order valence-electron chi connectivity index (χ0n) is 13.4. The van der Waals surface area contributed by atoms with Crippen molar-refractivity contribution in [1.82, 2.24) is 4.98 Å². The molecule has 0 bridgehead atoms. The average Bonchev–Trinajstić information content (AvgIpc) is 2.55. The molecule has 0 aliphatic rings. The van der Waals surface area contributed by atoms with Crippen LogP contribution in [0.25, 0.3) is 0 Å². The van der Waals surface area contributed by atoms with Crippen molar-refractivity contribution in [3.63, 3.8) is 0 Å². The molecule has 0 spiro atoms. The van der Waals surface area contributed by atoms with Crippen molar-refractivity contribution in [1.29, 1.82) is 5.26 Å². The zero-order chi connectivity index (χ0) is 16.7. The molecule has 1 aromatic carbocycles. The van der Waals surface area contributed by atoms with E-state index in [2.05, 4.69) is 21.3 Å². The first-order valence-electron chi connectivity index (χ1n) is 7.08. The zero-order valence-corrected chi connectivity index (χ0v) is 13.4. The van der Waals surface area contributed by atoms with Crippen LogP contribution in [0, 0.1) is 18.3 Å². The van der Waals surface area contributed by atoms with Crippen LogP contribution in [0.3, 0.4) is 0 Å². The van der Waals surface area contributed by atoms with Gasteiger partial charge in [-0.25, -0.2) is 4.98 Å². The van der Waals surface area contributed by atoms with Gasteiger partial charge in [-0.2, -0.15) is 10.4 Å². The van der Waals surface area contributed by atoms with E-state index in [1.54, 1.807) is 14.2 Å². The first kappa shape index (κ1) is 16.6. The van der Waals surface area contributed by atoms with Crippen LogP contribution in [-0.2, 0) is 17.9 Å². The van der Waals surface area contributed by atoms with Crippen molar-refractivity contribution in [3.05, 3.63) is 52.7 Å². The van der Waals surface area contributed by atoms with E-state index in [4.69, 9.17) is 9.47 Å². The second-order valence-electron chi connectivity index (χ2n) is 4.91. The number of pyridine rings is 1. The van der Waals surface area contributed by atoms with Gasteiger partial charge in [0.25, 0.3) is 0 Å². The lowest BCUT2D eigenvalue weighted by molar-refractivity contribution is 0.184. The van der Waals surface area contributed by atoms with E-state index in [0.717, 1.165) is 22.6 Å². The summed E-state index contributed by atoms with van der Waals surface area (Å²) in [5.41, 5.74) is 2.93. The Kier molecular flexibility index (Phi) is 5.78. The molecular formula is C17H18N4O2. The Bertz CT molecular complexity index is 733. The fraction of sp³-hybridized carbons (Fsp3) is 0.294. The van der Waals surface area contributed by atoms with Gasteiger partial charge in [-0.1, -0.05) is 12.1 Å². The van der Waals surface area contributed by atoms with Crippen LogP contribution in [0.4, 0.5) is 5.82 Å². The highest BCUT2D eigenvalue weighted by Crippen LogP contribution is 2.22. The third-order valence-corrected chi connectivity index (χ3v) is 3.20. The Hall–Kier alpha value is -2.78. The molecule has 0 saturated carbocycles. The summed E-state index contributed by atoms with van der Waals surface area (Å²) < 4.78 is 10.2. The van der Waals surface area contributed by atoms with Crippen molar-refractivity contribution in [3.8, 4) is 11.8 Å². The van der Waals surface area contributed by atoms with Crippen LogP contribution in [0.5, 0.6) is 5.75 Å². The van der Waals surface area contributed by atoms with Gasteiger partial charge in [0.05, 0.1) is 20.3 Å². The van der Waals surface area contributed by atoms with Crippen molar-refractivity contribution in [2.24, 2.45) is 10.2 Å². The first-order valence-corrected chi connectivity index (χ1v) is 7.08. The van der Waals surface area contributed by atoms with E-state index in [9.17, 15) is 5.26 Å². The maximum atomic E-state index is 9.33. The Morgan fingerprint density at radius 1 is 1.22 bits per heavy atom. The summed E-state index contributed by atoms with van der Waals surface area (Å²) in [5, 5.41) is 17.6. The molecule has 0 fully saturated rings. The average molecular weight is 310 g/mol. The third-order valence-electron chi connectivity index (χ3n) is 3.20. The highest BCUT2D eigenvalue weighted by molar-refractivity contribution is 5.52. The van der Waals surface area contributed by atoms with Crippen LogP contribution in [0.2, 0.25) is 0 Å². The molecule has 0 N–H and O–H groups in total. The number of rotatable bonds is 6. The quantitative estimate of drug-likeness (QED) is 0.762. The Morgan fingerprint density at radius 3 is 2.57 bits per heavy atom. The van der Waals surface area contributed by atoms with Crippen molar-refractivity contribution < 1.29 is 9.47 Å². The molecule has 0 unspecified atom stereocenters. The number of hydrogen-bond donors (Lipinski definition) is 0. The van der Waals surface area contributed by atoms with E-state index in [-0.39, 0.29) is 0 Å². The van der Waals surface area contributed by atoms with Crippen LogP contribution < -0.4 is 4.74 Å². The number of benzene rings is 1. The Balaban J connectivity index is 2.19. The molecule has 0 aliphatic carbocycles. The van der Waals surface area contributed by atoms with Gasteiger partial charge in [0.15, 0.2) is 5.82 Å². The molecule has 0 aliphatic heterocycles. The second-order valence-corrected chi connectivity index (χ2v) is 4.91. The monoisotopic (exact) mass is 310 g/mol.